The number of benzene rings is 1. The Kier molecular flexibility index (Phi) is 3.16. The van der Waals surface area contributed by atoms with E-state index < -0.39 is 0 Å². The van der Waals surface area contributed by atoms with Crippen molar-refractivity contribution >= 4 is 39.0 Å². The van der Waals surface area contributed by atoms with Gasteiger partial charge in [0.1, 0.15) is 11.6 Å². The van der Waals surface area contributed by atoms with Crippen molar-refractivity contribution in [3.63, 3.8) is 0 Å². The van der Waals surface area contributed by atoms with Crippen molar-refractivity contribution in [3.8, 4) is 0 Å². The van der Waals surface area contributed by atoms with Gasteiger partial charge in [0, 0.05) is 12.7 Å². The van der Waals surface area contributed by atoms with Crippen molar-refractivity contribution in [3.05, 3.63) is 29.8 Å². The number of nitrogens with zero attached hydrogens (tertiary/aromatic N) is 4. The first-order valence-electron chi connectivity index (χ1n) is 5.77. The van der Waals surface area contributed by atoms with Gasteiger partial charge in [-0.05, 0) is 25.1 Å². The van der Waals surface area contributed by atoms with E-state index in [0.717, 1.165) is 37.6 Å². The van der Waals surface area contributed by atoms with E-state index in [9.17, 15) is 0 Å². The highest BCUT2D eigenvalue weighted by Crippen LogP contribution is 2.32. The number of hydrogen-bond donors (Lipinski definition) is 1. The summed E-state index contributed by atoms with van der Waals surface area (Å²) in [6.45, 7) is 1.95. The molecule has 2 aromatic heterocycles. The van der Waals surface area contributed by atoms with Gasteiger partial charge in [0.2, 0.25) is 0 Å². The molecule has 2 heterocycles. The second kappa shape index (κ2) is 4.82. The molecule has 5 nitrogen and oxygen atoms in total. The zero-order valence-electron chi connectivity index (χ0n) is 10.6. The lowest BCUT2D eigenvalue weighted by molar-refractivity contribution is 0.816. The Balaban J connectivity index is 1.80. The lowest BCUT2D eigenvalue weighted by Crippen LogP contribution is -1.97. The minimum atomic E-state index is 0.770. The molecular formula is C12H13N5S2. The molecule has 98 valence electrons. The van der Waals surface area contributed by atoms with Crippen molar-refractivity contribution in [1.29, 1.82) is 0 Å². The molecule has 19 heavy (non-hydrogen) atoms. The molecule has 3 rings (SSSR count). The zero-order chi connectivity index (χ0) is 13.4. The minimum absolute atomic E-state index is 0.770. The first-order valence-corrected chi connectivity index (χ1v) is 7.57. The Morgan fingerprint density at radius 3 is 2.95 bits per heavy atom. The summed E-state index contributed by atoms with van der Waals surface area (Å²) in [6, 6.07) is 5.80. The molecule has 0 saturated carbocycles. The van der Waals surface area contributed by atoms with Gasteiger partial charge in [0.25, 0.3) is 0 Å². The number of aryl methyl sites for hydroxylation is 1. The first kappa shape index (κ1) is 12.4. The van der Waals surface area contributed by atoms with Crippen LogP contribution < -0.4 is 5.73 Å². The predicted molar refractivity (Wildman–Crippen MR) is 79.3 cm³/mol. The number of thioether (sulfide) groups is 1. The van der Waals surface area contributed by atoms with Crippen LogP contribution in [0, 0.1) is 6.92 Å². The Labute approximate surface area is 118 Å². The van der Waals surface area contributed by atoms with Crippen molar-refractivity contribution in [2.75, 3.05) is 5.73 Å². The highest BCUT2D eigenvalue weighted by Gasteiger charge is 2.09. The van der Waals surface area contributed by atoms with Crippen LogP contribution in [-0.2, 0) is 12.8 Å². The second-order valence-electron chi connectivity index (χ2n) is 4.22. The molecule has 0 aliphatic rings. The van der Waals surface area contributed by atoms with Crippen LogP contribution in [0.4, 0.5) is 5.69 Å². The smallest absolute Gasteiger partial charge is 0.151 e. The summed E-state index contributed by atoms with van der Waals surface area (Å²) in [5, 5.41) is 8.20. The van der Waals surface area contributed by atoms with E-state index in [0.29, 0.717) is 0 Å². The molecule has 0 aliphatic carbocycles. The van der Waals surface area contributed by atoms with Crippen molar-refractivity contribution < 1.29 is 0 Å². The molecule has 0 saturated heterocycles. The van der Waals surface area contributed by atoms with Crippen LogP contribution in [0.2, 0.25) is 0 Å². The van der Waals surface area contributed by atoms with Gasteiger partial charge in [-0.15, -0.1) is 21.5 Å². The van der Waals surface area contributed by atoms with Crippen molar-refractivity contribution in [2.24, 2.45) is 7.05 Å². The number of rotatable bonds is 3. The van der Waals surface area contributed by atoms with E-state index in [1.165, 1.54) is 0 Å². The Morgan fingerprint density at radius 1 is 1.37 bits per heavy atom. The molecule has 0 bridgehead atoms. The highest BCUT2D eigenvalue weighted by molar-refractivity contribution is 8.00. The SMILES string of the molecule is Cc1nnc(CSc2nc3ccc(N)cc3s2)n1C. The summed E-state index contributed by atoms with van der Waals surface area (Å²) < 4.78 is 4.15. The number of anilines is 1. The topological polar surface area (TPSA) is 69.6 Å². The predicted octanol–water partition coefficient (Wildman–Crippen LogP) is 2.61. The molecule has 0 aliphatic heterocycles. The first-order chi connectivity index (χ1) is 9.13. The van der Waals surface area contributed by atoms with Crippen molar-refractivity contribution in [1.82, 2.24) is 19.7 Å². The number of hydrogen-bond acceptors (Lipinski definition) is 6. The lowest BCUT2D eigenvalue weighted by atomic mass is 10.3. The van der Waals surface area contributed by atoms with E-state index in [4.69, 9.17) is 5.73 Å². The molecule has 0 unspecified atom stereocenters. The van der Waals surface area contributed by atoms with E-state index in [1.54, 1.807) is 23.1 Å². The minimum Gasteiger partial charge on any atom is -0.399 e. The van der Waals surface area contributed by atoms with Crippen LogP contribution >= 0.6 is 23.1 Å². The quantitative estimate of drug-likeness (QED) is 0.593. The summed E-state index contributed by atoms with van der Waals surface area (Å²) in [5.74, 6) is 2.65. The van der Waals surface area contributed by atoms with Gasteiger partial charge in [-0.2, -0.15) is 0 Å². The standard InChI is InChI=1S/C12H13N5S2/c1-7-15-16-11(17(7)2)6-18-12-14-9-4-3-8(13)5-10(9)19-12/h3-5H,6,13H2,1-2H3. The fourth-order valence-electron chi connectivity index (χ4n) is 1.68. The highest BCUT2D eigenvalue weighted by atomic mass is 32.2. The number of nitrogens with two attached hydrogens (primary N) is 1. The Morgan fingerprint density at radius 2 is 2.21 bits per heavy atom. The molecule has 0 fully saturated rings. The summed E-state index contributed by atoms with van der Waals surface area (Å²) in [6.07, 6.45) is 0. The second-order valence-corrected chi connectivity index (χ2v) is 6.47. The number of aromatic nitrogens is 4. The zero-order valence-corrected chi connectivity index (χ0v) is 12.3. The average Bonchev–Trinajstić information content (AvgIpc) is 2.92. The molecule has 2 N–H and O–H groups in total. The molecule has 0 atom stereocenters. The third-order valence-corrected chi connectivity index (χ3v) is 5.06. The Bertz CT molecular complexity index is 731. The molecule has 0 radical (unpaired) electrons. The molecule has 1 aromatic carbocycles. The fourth-order valence-corrected chi connectivity index (χ4v) is 3.78. The molecular weight excluding hydrogens is 278 g/mol. The van der Waals surface area contributed by atoms with E-state index in [1.807, 2.05) is 36.7 Å². The molecule has 3 aromatic rings. The largest absolute Gasteiger partial charge is 0.399 e. The molecule has 7 heteroatoms. The van der Waals surface area contributed by atoms with Crippen molar-refractivity contribution in [2.45, 2.75) is 17.0 Å². The number of thiazole rings is 1. The monoisotopic (exact) mass is 291 g/mol. The van der Waals surface area contributed by atoms with E-state index >= 15 is 0 Å². The van der Waals surface area contributed by atoms with Gasteiger partial charge in [-0.25, -0.2) is 4.98 Å². The fraction of sp³-hybridized carbons (Fsp3) is 0.250. The van der Waals surface area contributed by atoms with Gasteiger partial charge in [-0.3, -0.25) is 0 Å². The van der Waals surface area contributed by atoms with Crippen LogP contribution in [0.25, 0.3) is 10.2 Å². The van der Waals surface area contributed by atoms with Crippen LogP contribution in [0.3, 0.4) is 0 Å². The van der Waals surface area contributed by atoms with E-state index in [2.05, 4.69) is 15.2 Å². The normalized spacial score (nSPS) is 11.3. The summed E-state index contributed by atoms with van der Waals surface area (Å²) in [7, 11) is 1.98. The Hall–Kier alpha value is -1.60. The van der Waals surface area contributed by atoms with Crippen LogP contribution in [-0.4, -0.2) is 19.7 Å². The van der Waals surface area contributed by atoms with Gasteiger partial charge < -0.3 is 10.3 Å². The molecule has 0 spiro atoms. The summed E-state index contributed by atoms with van der Waals surface area (Å²) >= 11 is 3.33. The van der Waals surface area contributed by atoms with E-state index in [-0.39, 0.29) is 0 Å². The maximum atomic E-state index is 5.77. The van der Waals surface area contributed by atoms with Crippen LogP contribution in [0.1, 0.15) is 11.6 Å². The average molecular weight is 291 g/mol. The maximum Gasteiger partial charge on any atom is 0.151 e. The number of nitrogen functional groups attached to an aromatic ring is 1. The van der Waals surface area contributed by atoms with Crippen LogP contribution in [0.15, 0.2) is 22.5 Å². The summed E-state index contributed by atoms with van der Waals surface area (Å²) in [4.78, 5) is 4.57. The van der Waals surface area contributed by atoms with Crippen LogP contribution in [0.5, 0.6) is 0 Å². The molecule has 0 amide bonds. The third kappa shape index (κ3) is 2.43. The van der Waals surface area contributed by atoms with Gasteiger partial charge in [-0.1, -0.05) is 11.8 Å². The maximum absolute atomic E-state index is 5.77. The van der Waals surface area contributed by atoms with Gasteiger partial charge >= 0.3 is 0 Å². The number of fused-ring (bicyclic) bond motifs is 1. The lowest BCUT2D eigenvalue weighted by Gasteiger charge is -1.98. The third-order valence-electron chi connectivity index (χ3n) is 2.90. The summed E-state index contributed by atoms with van der Waals surface area (Å²) in [5.41, 5.74) is 7.54. The van der Waals surface area contributed by atoms with Gasteiger partial charge in [0.05, 0.1) is 16.0 Å². The van der Waals surface area contributed by atoms with Gasteiger partial charge in [0.15, 0.2) is 4.34 Å².